The molecule has 2 N–H and O–H groups in total. The standard InChI is InChI=1S/C20H22BrNO3/c1-3-10-7-13(21)8-11(4-2)18(10)22-19(24)16-12-5-6-14(15(23)9-12)17(16)20(22)25/h7-8,12,14,24-25H,3-6,9H2,1-2H3/t12-,14+/m0/s1. The lowest BCUT2D eigenvalue weighted by molar-refractivity contribution is -0.123. The van der Waals surface area contributed by atoms with E-state index in [2.05, 4.69) is 29.8 Å². The molecule has 0 amide bonds. The second-order valence-corrected chi connectivity index (χ2v) is 8.00. The topological polar surface area (TPSA) is 62.5 Å². The Bertz CT molecular complexity index is 859. The zero-order valence-electron chi connectivity index (χ0n) is 14.5. The molecule has 2 bridgehead atoms. The number of halogens is 1. The molecule has 0 saturated heterocycles. The van der Waals surface area contributed by atoms with E-state index in [-0.39, 0.29) is 29.4 Å². The van der Waals surface area contributed by atoms with E-state index >= 15 is 0 Å². The second-order valence-electron chi connectivity index (χ2n) is 7.09. The highest BCUT2D eigenvalue weighted by Gasteiger charge is 2.45. The fraction of sp³-hybridized carbons (Fsp3) is 0.450. The van der Waals surface area contributed by atoms with Crippen molar-refractivity contribution in [2.24, 2.45) is 0 Å². The SMILES string of the molecule is CCc1cc(Br)cc(CC)c1-n1c(O)c2c(c1O)[C@@H]1CC[C@H]2CC1=O. The van der Waals surface area contributed by atoms with Crippen LogP contribution in [0.4, 0.5) is 0 Å². The van der Waals surface area contributed by atoms with Gasteiger partial charge in [0.1, 0.15) is 5.78 Å². The van der Waals surface area contributed by atoms with Crippen LogP contribution >= 0.6 is 15.9 Å². The van der Waals surface area contributed by atoms with Gasteiger partial charge in [-0.1, -0.05) is 29.8 Å². The second kappa shape index (κ2) is 5.90. The first-order valence-electron chi connectivity index (χ1n) is 8.98. The van der Waals surface area contributed by atoms with Crippen molar-refractivity contribution in [2.45, 2.75) is 57.8 Å². The van der Waals surface area contributed by atoms with Gasteiger partial charge in [0.25, 0.3) is 0 Å². The number of rotatable bonds is 3. The Balaban J connectivity index is 2.03. The number of carbonyl (C=O) groups excluding carboxylic acids is 1. The summed E-state index contributed by atoms with van der Waals surface area (Å²) in [4.78, 5) is 12.3. The number of hydrogen-bond acceptors (Lipinski definition) is 3. The lowest BCUT2D eigenvalue weighted by atomic mass is 9.67. The first-order valence-corrected chi connectivity index (χ1v) is 9.77. The number of aromatic hydroxyl groups is 2. The summed E-state index contributed by atoms with van der Waals surface area (Å²) in [6, 6.07) is 4.07. The van der Waals surface area contributed by atoms with Crippen molar-refractivity contribution in [3.05, 3.63) is 38.9 Å². The van der Waals surface area contributed by atoms with Gasteiger partial charge < -0.3 is 10.2 Å². The zero-order valence-corrected chi connectivity index (χ0v) is 16.1. The van der Waals surface area contributed by atoms with Crippen molar-refractivity contribution in [2.75, 3.05) is 0 Å². The number of Topliss-reactive ketones (excluding diaryl/α,β-unsaturated/α-hetero) is 1. The van der Waals surface area contributed by atoms with E-state index < -0.39 is 0 Å². The molecule has 2 aromatic rings. The van der Waals surface area contributed by atoms with Crippen LogP contribution < -0.4 is 0 Å². The molecule has 1 fully saturated rings. The van der Waals surface area contributed by atoms with Gasteiger partial charge in [0.15, 0.2) is 0 Å². The van der Waals surface area contributed by atoms with Crippen molar-refractivity contribution in [1.29, 1.82) is 0 Å². The first-order chi connectivity index (χ1) is 12.0. The van der Waals surface area contributed by atoms with E-state index in [0.717, 1.165) is 52.5 Å². The molecule has 2 atom stereocenters. The van der Waals surface area contributed by atoms with Crippen molar-refractivity contribution < 1.29 is 15.0 Å². The molecule has 1 aromatic heterocycles. The van der Waals surface area contributed by atoms with Crippen LogP contribution in [0.15, 0.2) is 16.6 Å². The summed E-state index contributed by atoms with van der Waals surface area (Å²) in [6.07, 6.45) is 3.73. The highest BCUT2D eigenvalue weighted by atomic mass is 79.9. The number of aromatic nitrogens is 1. The largest absolute Gasteiger partial charge is 0.494 e. The quantitative estimate of drug-likeness (QED) is 0.779. The van der Waals surface area contributed by atoms with Crippen molar-refractivity contribution in [3.8, 4) is 17.4 Å². The maximum absolute atomic E-state index is 12.3. The summed E-state index contributed by atoms with van der Waals surface area (Å²) in [7, 11) is 0. The molecule has 5 heteroatoms. The van der Waals surface area contributed by atoms with Crippen LogP contribution in [0.1, 0.15) is 67.2 Å². The lowest BCUT2D eigenvalue weighted by Crippen LogP contribution is -2.28. The molecule has 3 aliphatic carbocycles. The summed E-state index contributed by atoms with van der Waals surface area (Å²) in [6.45, 7) is 4.13. The molecule has 0 unspecified atom stereocenters. The van der Waals surface area contributed by atoms with E-state index in [9.17, 15) is 15.0 Å². The minimum atomic E-state index is -0.266. The lowest BCUT2D eigenvalue weighted by Gasteiger charge is -2.34. The third kappa shape index (κ3) is 2.28. The predicted molar refractivity (Wildman–Crippen MR) is 99.9 cm³/mol. The number of nitrogens with zero attached hydrogens (tertiary/aromatic N) is 1. The minimum Gasteiger partial charge on any atom is -0.494 e. The molecule has 4 nitrogen and oxygen atoms in total. The van der Waals surface area contributed by atoms with Crippen LogP contribution in [0.5, 0.6) is 11.8 Å². The Labute approximate surface area is 155 Å². The van der Waals surface area contributed by atoms with Gasteiger partial charge in [-0.05, 0) is 54.9 Å². The van der Waals surface area contributed by atoms with Crippen LogP contribution in [-0.2, 0) is 17.6 Å². The Morgan fingerprint density at radius 1 is 1.08 bits per heavy atom. The van der Waals surface area contributed by atoms with Gasteiger partial charge in [0, 0.05) is 27.9 Å². The van der Waals surface area contributed by atoms with E-state index in [1.807, 2.05) is 12.1 Å². The maximum atomic E-state index is 12.3. The van der Waals surface area contributed by atoms with Crippen molar-refractivity contribution >= 4 is 21.7 Å². The number of ketones is 1. The maximum Gasteiger partial charge on any atom is 0.202 e. The normalized spacial score (nSPS) is 21.6. The van der Waals surface area contributed by atoms with Crippen LogP contribution in [0.3, 0.4) is 0 Å². The minimum absolute atomic E-state index is 0.0326. The molecule has 1 heterocycles. The van der Waals surface area contributed by atoms with Crippen LogP contribution in [0.25, 0.3) is 5.69 Å². The molecular weight excluding hydrogens is 382 g/mol. The van der Waals surface area contributed by atoms with Crippen LogP contribution in [0, 0.1) is 0 Å². The van der Waals surface area contributed by atoms with E-state index in [1.54, 1.807) is 4.57 Å². The van der Waals surface area contributed by atoms with E-state index in [0.29, 0.717) is 12.0 Å². The molecule has 1 saturated carbocycles. The van der Waals surface area contributed by atoms with Gasteiger partial charge in [-0.25, -0.2) is 0 Å². The van der Waals surface area contributed by atoms with Crippen LogP contribution in [0.2, 0.25) is 0 Å². The van der Waals surface area contributed by atoms with Crippen LogP contribution in [-0.4, -0.2) is 20.6 Å². The average molecular weight is 404 g/mol. The number of hydrogen-bond donors (Lipinski definition) is 2. The summed E-state index contributed by atoms with van der Waals surface area (Å²) < 4.78 is 2.58. The molecule has 5 rings (SSSR count). The fourth-order valence-electron chi connectivity index (χ4n) is 4.65. The predicted octanol–water partition coefficient (Wildman–Crippen LogP) is 4.71. The first kappa shape index (κ1) is 16.7. The summed E-state index contributed by atoms with van der Waals surface area (Å²) in [5, 5.41) is 22.0. The van der Waals surface area contributed by atoms with Gasteiger partial charge in [-0.3, -0.25) is 9.36 Å². The number of benzene rings is 1. The number of aryl methyl sites for hydroxylation is 2. The van der Waals surface area contributed by atoms with Gasteiger partial charge >= 0.3 is 0 Å². The Kier molecular flexibility index (Phi) is 3.95. The monoisotopic (exact) mass is 403 g/mol. The third-order valence-corrected chi connectivity index (χ3v) is 6.27. The average Bonchev–Trinajstić information content (AvgIpc) is 2.87. The molecule has 132 valence electrons. The fourth-order valence-corrected chi connectivity index (χ4v) is 5.20. The van der Waals surface area contributed by atoms with Gasteiger partial charge in [-0.15, -0.1) is 0 Å². The molecule has 25 heavy (non-hydrogen) atoms. The molecule has 0 radical (unpaired) electrons. The van der Waals surface area contributed by atoms with Gasteiger partial charge in [-0.2, -0.15) is 0 Å². The van der Waals surface area contributed by atoms with Crippen molar-refractivity contribution in [1.82, 2.24) is 4.57 Å². The molecule has 1 aromatic carbocycles. The molecule has 3 aliphatic rings. The van der Waals surface area contributed by atoms with E-state index in [4.69, 9.17) is 0 Å². The molecular formula is C20H22BrNO3. The Hall–Kier alpha value is -1.75. The van der Waals surface area contributed by atoms with E-state index in [1.165, 1.54) is 0 Å². The summed E-state index contributed by atoms with van der Waals surface area (Å²) >= 11 is 3.55. The Morgan fingerprint density at radius 3 is 2.24 bits per heavy atom. The highest BCUT2D eigenvalue weighted by Crippen LogP contribution is 2.56. The Morgan fingerprint density at radius 2 is 1.68 bits per heavy atom. The summed E-state index contributed by atoms with van der Waals surface area (Å²) in [5.74, 6) is 0.116. The summed E-state index contributed by atoms with van der Waals surface area (Å²) in [5.41, 5.74) is 4.42. The zero-order chi connectivity index (χ0) is 17.9. The third-order valence-electron chi connectivity index (χ3n) is 5.81. The van der Waals surface area contributed by atoms with Gasteiger partial charge in [0.05, 0.1) is 5.69 Å². The molecule has 0 aliphatic heterocycles. The highest BCUT2D eigenvalue weighted by molar-refractivity contribution is 9.10. The van der Waals surface area contributed by atoms with Crippen molar-refractivity contribution in [3.63, 3.8) is 0 Å². The smallest absolute Gasteiger partial charge is 0.202 e. The van der Waals surface area contributed by atoms with Gasteiger partial charge in [0.2, 0.25) is 11.8 Å². The number of fused-ring (bicyclic) bond motifs is 2. The molecule has 0 spiro atoms. The number of carbonyl (C=O) groups is 1.